The number of nitrogens with zero attached hydrogens (tertiary/aromatic N) is 2. The molecular formula is C24H17F3N4O2. The van der Waals surface area contributed by atoms with Crippen LogP contribution in [-0.2, 0) is 6.18 Å². The van der Waals surface area contributed by atoms with E-state index in [1.165, 1.54) is 24.3 Å². The second-order valence-electron chi connectivity index (χ2n) is 7.01. The number of halogens is 3. The number of benzene rings is 3. The van der Waals surface area contributed by atoms with Gasteiger partial charge in [-0.25, -0.2) is 4.68 Å². The van der Waals surface area contributed by atoms with Gasteiger partial charge in [-0.1, -0.05) is 42.5 Å². The lowest BCUT2D eigenvalue weighted by molar-refractivity contribution is -0.143. The van der Waals surface area contributed by atoms with Gasteiger partial charge in [0.2, 0.25) is 0 Å². The number of aromatic nitrogens is 2. The Kier molecular flexibility index (Phi) is 5.95. The van der Waals surface area contributed by atoms with Crippen LogP contribution in [0.1, 0.15) is 26.4 Å². The van der Waals surface area contributed by atoms with Crippen LogP contribution in [0.3, 0.4) is 0 Å². The van der Waals surface area contributed by atoms with E-state index in [0.717, 1.165) is 6.20 Å². The van der Waals surface area contributed by atoms with Gasteiger partial charge in [0.05, 0.1) is 17.4 Å². The average molecular weight is 450 g/mol. The minimum atomic E-state index is -4.81. The molecule has 33 heavy (non-hydrogen) atoms. The Labute approximate surface area is 186 Å². The van der Waals surface area contributed by atoms with Gasteiger partial charge < -0.3 is 10.6 Å². The summed E-state index contributed by atoms with van der Waals surface area (Å²) in [5.41, 5.74) is -0.599. The zero-order valence-electron chi connectivity index (χ0n) is 17.0. The number of para-hydroxylation sites is 1. The molecule has 166 valence electrons. The molecule has 0 fully saturated rings. The van der Waals surface area contributed by atoms with E-state index in [0.29, 0.717) is 15.9 Å². The van der Waals surface area contributed by atoms with Crippen molar-refractivity contribution in [2.75, 3.05) is 10.6 Å². The normalized spacial score (nSPS) is 11.1. The van der Waals surface area contributed by atoms with Gasteiger partial charge in [-0.05, 0) is 42.5 Å². The van der Waals surface area contributed by atoms with Crippen molar-refractivity contribution in [1.82, 2.24) is 9.78 Å². The zero-order chi connectivity index (χ0) is 23.4. The summed E-state index contributed by atoms with van der Waals surface area (Å²) in [5.74, 6) is -1.33. The number of rotatable bonds is 5. The monoisotopic (exact) mass is 450 g/mol. The molecule has 0 spiro atoms. The van der Waals surface area contributed by atoms with Gasteiger partial charge in [0.1, 0.15) is 0 Å². The Morgan fingerprint density at radius 3 is 1.94 bits per heavy atom. The fraction of sp³-hybridized carbons (Fsp3) is 0.0417. The Morgan fingerprint density at radius 2 is 1.33 bits per heavy atom. The van der Waals surface area contributed by atoms with Crippen LogP contribution in [0.25, 0.3) is 5.69 Å². The molecule has 0 saturated carbocycles. The van der Waals surface area contributed by atoms with Crippen LogP contribution in [0.2, 0.25) is 0 Å². The van der Waals surface area contributed by atoms with Crippen LogP contribution < -0.4 is 10.6 Å². The van der Waals surface area contributed by atoms with Crippen molar-refractivity contribution in [3.05, 3.63) is 108 Å². The van der Waals surface area contributed by atoms with E-state index in [4.69, 9.17) is 0 Å². The molecule has 0 bridgehead atoms. The summed E-state index contributed by atoms with van der Waals surface area (Å²) >= 11 is 0. The van der Waals surface area contributed by atoms with Gasteiger partial charge in [-0.15, -0.1) is 0 Å². The third-order valence-electron chi connectivity index (χ3n) is 4.70. The molecule has 0 radical (unpaired) electrons. The largest absolute Gasteiger partial charge is 0.434 e. The van der Waals surface area contributed by atoms with Crippen LogP contribution in [0.15, 0.2) is 91.1 Å². The SMILES string of the molecule is O=C(Nc1cccc(NC(=O)c2cnn(-c3ccccc3)c2C(F)(F)F)c1)c1ccccc1. The molecule has 2 amide bonds. The van der Waals surface area contributed by atoms with Gasteiger partial charge in [-0.3, -0.25) is 9.59 Å². The molecule has 9 heteroatoms. The lowest BCUT2D eigenvalue weighted by Crippen LogP contribution is -2.20. The van der Waals surface area contributed by atoms with Gasteiger partial charge in [0, 0.05) is 16.9 Å². The molecule has 1 aromatic heterocycles. The summed E-state index contributed by atoms with van der Waals surface area (Å²) in [6.07, 6.45) is -3.93. The van der Waals surface area contributed by atoms with Crippen LogP contribution in [0, 0.1) is 0 Å². The molecule has 1 heterocycles. The molecule has 2 N–H and O–H groups in total. The number of amides is 2. The molecule has 6 nitrogen and oxygen atoms in total. The standard InChI is InChI=1S/C24H17F3N4O2/c25-24(26,27)21-20(15-28-31(21)19-12-5-2-6-13-19)23(33)30-18-11-7-10-17(14-18)29-22(32)16-8-3-1-4-9-16/h1-15H,(H,29,32)(H,30,33). The number of alkyl halides is 3. The molecule has 0 unspecified atom stereocenters. The Bertz CT molecular complexity index is 1290. The molecule has 0 atom stereocenters. The van der Waals surface area contributed by atoms with E-state index < -0.39 is 23.3 Å². The van der Waals surface area contributed by atoms with Gasteiger partial charge in [0.25, 0.3) is 11.8 Å². The molecule has 4 rings (SSSR count). The fourth-order valence-corrected chi connectivity index (χ4v) is 3.22. The molecule has 0 aliphatic heterocycles. The molecule has 4 aromatic rings. The highest BCUT2D eigenvalue weighted by atomic mass is 19.4. The first-order valence-corrected chi connectivity index (χ1v) is 9.81. The third-order valence-corrected chi connectivity index (χ3v) is 4.70. The first-order chi connectivity index (χ1) is 15.8. The topological polar surface area (TPSA) is 76.0 Å². The molecule has 0 aliphatic carbocycles. The summed E-state index contributed by atoms with van der Waals surface area (Å²) in [6.45, 7) is 0. The van der Waals surface area contributed by atoms with Gasteiger partial charge in [0.15, 0.2) is 5.69 Å². The lowest BCUT2D eigenvalue weighted by atomic mass is 10.2. The van der Waals surface area contributed by atoms with Crippen molar-refractivity contribution in [3.8, 4) is 5.69 Å². The summed E-state index contributed by atoms with van der Waals surface area (Å²) in [5, 5.41) is 8.92. The predicted octanol–water partition coefficient (Wildman–Crippen LogP) is 5.40. The molecule has 0 aliphatic rings. The zero-order valence-corrected chi connectivity index (χ0v) is 17.0. The second-order valence-corrected chi connectivity index (χ2v) is 7.01. The molecule has 0 saturated heterocycles. The highest BCUT2D eigenvalue weighted by molar-refractivity contribution is 6.07. The third kappa shape index (κ3) is 4.93. The maximum absolute atomic E-state index is 13.8. The quantitative estimate of drug-likeness (QED) is 0.428. The highest BCUT2D eigenvalue weighted by Gasteiger charge is 2.40. The minimum Gasteiger partial charge on any atom is -0.322 e. The summed E-state index contributed by atoms with van der Waals surface area (Å²) < 4.78 is 42.1. The predicted molar refractivity (Wildman–Crippen MR) is 117 cm³/mol. The van der Waals surface area contributed by atoms with Crippen LogP contribution >= 0.6 is 0 Å². The first-order valence-electron chi connectivity index (χ1n) is 9.81. The number of carbonyl (C=O) groups excluding carboxylic acids is 2. The van der Waals surface area contributed by atoms with E-state index in [9.17, 15) is 22.8 Å². The number of carbonyl (C=O) groups is 2. The van der Waals surface area contributed by atoms with Crippen LogP contribution in [0.4, 0.5) is 24.5 Å². The smallest absolute Gasteiger partial charge is 0.322 e. The molecule has 3 aromatic carbocycles. The average Bonchev–Trinajstić information content (AvgIpc) is 3.27. The van der Waals surface area contributed by atoms with E-state index in [1.807, 2.05) is 0 Å². The van der Waals surface area contributed by atoms with Gasteiger partial charge >= 0.3 is 6.18 Å². The van der Waals surface area contributed by atoms with Crippen molar-refractivity contribution in [1.29, 1.82) is 0 Å². The number of hydrogen-bond donors (Lipinski definition) is 2. The molecular weight excluding hydrogens is 433 g/mol. The van der Waals surface area contributed by atoms with Crippen molar-refractivity contribution < 1.29 is 22.8 Å². The minimum absolute atomic E-state index is 0.175. The first kappa shape index (κ1) is 21.8. The fourth-order valence-electron chi connectivity index (χ4n) is 3.22. The Balaban J connectivity index is 1.57. The summed E-state index contributed by atoms with van der Waals surface area (Å²) in [6, 6.07) is 22.4. The van der Waals surface area contributed by atoms with Crippen molar-refractivity contribution in [2.24, 2.45) is 0 Å². The number of hydrogen-bond acceptors (Lipinski definition) is 3. The number of anilines is 2. The number of nitrogens with one attached hydrogen (secondary N) is 2. The second kappa shape index (κ2) is 8.99. The van der Waals surface area contributed by atoms with Crippen LogP contribution in [0.5, 0.6) is 0 Å². The maximum atomic E-state index is 13.8. The van der Waals surface area contributed by atoms with Crippen molar-refractivity contribution in [3.63, 3.8) is 0 Å². The Hall–Kier alpha value is -4.40. The maximum Gasteiger partial charge on any atom is 0.434 e. The van der Waals surface area contributed by atoms with Crippen molar-refractivity contribution in [2.45, 2.75) is 6.18 Å². The summed E-state index contributed by atoms with van der Waals surface area (Å²) in [7, 11) is 0. The Morgan fingerprint density at radius 1 is 0.758 bits per heavy atom. The highest BCUT2D eigenvalue weighted by Crippen LogP contribution is 2.34. The van der Waals surface area contributed by atoms with Crippen LogP contribution in [-0.4, -0.2) is 21.6 Å². The van der Waals surface area contributed by atoms with E-state index in [1.54, 1.807) is 60.7 Å². The lowest BCUT2D eigenvalue weighted by Gasteiger charge is -2.13. The van der Waals surface area contributed by atoms with Crippen molar-refractivity contribution >= 4 is 23.2 Å². The van der Waals surface area contributed by atoms with Gasteiger partial charge in [-0.2, -0.15) is 18.3 Å². The van der Waals surface area contributed by atoms with E-state index in [2.05, 4.69) is 15.7 Å². The van der Waals surface area contributed by atoms with E-state index in [-0.39, 0.29) is 17.3 Å². The van der Waals surface area contributed by atoms with E-state index >= 15 is 0 Å². The summed E-state index contributed by atoms with van der Waals surface area (Å²) in [4.78, 5) is 25.1.